The number of carbonyl (C=O) groups is 2. The molecule has 1 aromatic rings. The van der Waals surface area contributed by atoms with Gasteiger partial charge in [0.25, 0.3) is 0 Å². The highest BCUT2D eigenvalue weighted by molar-refractivity contribution is 6.30. The van der Waals surface area contributed by atoms with E-state index < -0.39 is 5.41 Å². The molecule has 6 heteroatoms. The van der Waals surface area contributed by atoms with Crippen molar-refractivity contribution in [2.24, 2.45) is 5.41 Å². The van der Waals surface area contributed by atoms with E-state index in [2.05, 4.69) is 10.6 Å². The summed E-state index contributed by atoms with van der Waals surface area (Å²) in [5, 5.41) is 6.07. The average Bonchev–Trinajstić information content (AvgIpc) is 3.23. The van der Waals surface area contributed by atoms with Crippen molar-refractivity contribution in [1.82, 2.24) is 5.32 Å². The van der Waals surface area contributed by atoms with Crippen LogP contribution in [0.1, 0.15) is 12.8 Å². The number of methoxy groups -OCH3 is 1. The standard InChI is InChI=1S/C14H17ClN2O3/c1-20-9-8-16-12(18)14(6-7-14)13(19)17-11-4-2-10(15)3-5-11/h2-5H,6-9H2,1H3,(H,16,18)(H,17,19). The van der Waals surface area contributed by atoms with E-state index in [1.807, 2.05) is 0 Å². The summed E-state index contributed by atoms with van der Waals surface area (Å²) in [4.78, 5) is 24.3. The SMILES string of the molecule is COCCNC(=O)C1(C(=O)Nc2ccc(Cl)cc2)CC1. The molecule has 1 fully saturated rings. The van der Waals surface area contributed by atoms with E-state index in [0.717, 1.165) is 0 Å². The summed E-state index contributed by atoms with van der Waals surface area (Å²) in [5.41, 5.74) is -0.289. The average molecular weight is 297 g/mol. The molecule has 1 aromatic carbocycles. The van der Waals surface area contributed by atoms with Crippen LogP contribution in [0.5, 0.6) is 0 Å². The van der Waals surface area contributed by atoms with Gasteiger partial charge in [0.1, 0.15) is 5.41 Å². The number of benzene rings is 1. The maximum Gasteiger partial charge on any atom is 0.240 e. The highest BCUT2D eigenvalue weighted by Gasteiger charge is 2.56. The van der Waals surface area contributed by atoms with Gasteiger partial charge in [-0.05, 0) is 37.1 Å². The van der Waals surface area contributed by atoms with Crippen LogP contribution < -0.4 is 10.6 Å². The zero-order valence-electron chi connectivity index (χ0n) is 11.2. The maximum absolute atomic E-state index is 12.2. The molecular weight excluding hydrogens is 280 g/mol. The van der Waals surface area contributed by atoms with Crippen molar-refractivity contribution in [2.45, 2.75) is 12.8 Å². The minimum Gasteiger partial charge on any atom is -0.383 e. The van der Waals surface area contributed by atoms with Crippen LogP contribution in [0, 0.1) is 5.41 Å². The Morgan fingerprint density at radius 2 is 1.90 bits per heavy atom. The number of halogens is 1. The molecule has 2 amide bonds. The van der Waals surface area contributed by atoms with E-state index in [4.69, 9.17) is 16.3 Å². The fraction of sp³-hybridized carbons (Fsp3) is 0.429. The molecule has 2 N–H and O–H groups in total. The van der Waals surface area contributed by atoms with E-state index in [-0.39, 0.29) is 11.8 Å². The van der Waals surface area contributed by atoms with E-state index in [1.165, 1.54) is 0 Å². The smallest absolute Gasteiger partial charge is 0.240 e. The third-order valence-electron chi connectivity index (χ3n) is 3.31. The number of carbonyl (C=O) groups excluding carboxylic acids is 2. The summed E-state index contributed by atoms with van der Waals surface area (Å²) in [6.07, 6.45) is 1.15. The minimum absolute atomic E-state index is 0.235. The summed E-state index contributed by atoms with van der Waals surface area (Å²) in [5.74, 6) is -0.504. The number of hydrogen-bond donors (Lipinski definition) is 2. The molecule has 0 aromatic heterocycles. The minimum atomic E-state index is -0.923. The molecule has 0 heterocycles. The third-order valence-corrected chi connectivity index (χ3v) is 3.57. The van der Waals surface area contributed by atoms with Gasteiger partial charge in [-0.1, -0.05) is 11.6 Å². The second-order valence-corrected chi connectivity index (χ2v) is 5.23. The first-order chi connectivity index (χ1) is 9.58. The Morgan fingerprint density at radius 1 is 1.25 bits per heavy atom. The second kappa shape index (κ2) is 6.24. The lowest BCUT2D eigenvalue weighted by Crippen LogP contribution is -2.41. The Hall–Kier alpha value is -1.59. The largest absolute Gasteiger partial charge is 0.383 e. The Balaban J connectivity index is 1.94. The van der Waals surface area contributed by atoms with Crippen molar-refractivity contribution in [1.29, 1.82) is 0 Å². The van der Waals surface area contributed by atoms with Gasteiger partial charge >= 0.3 is 0 Å². The normalized spacial score (nSPS) is 15.5. The van der Waals surface area contributed by atoms with E-state index in [9.17, 15) is 9.59 Å². The fourth-order valence-corrected chi connectivity index (χ4v) is 2.03. The van der Waals surface area contributed by atoms with Crippen molar-refractivity contribution in [3.8, 4) is 0 Å². The molecule has 0 radical (unpaired) electrons. The Morgan fingerprint density at radius 3 is 2.45 bits per heavy atom. The molecule has 0 saturated heterocycles. The van der Waals surface area contributed by atoms with Gasteiger partial charge in [-0.3, -0.25) is 9.59 Å². The van der Waals surface area contributed by atoms with E-state index >= 15 is 0 Å². The second-order valence-electron chi connectivity index (χ2n) is 4.79. The van der Waals surface area contributed by atoms with Crippen molar-refractivity contribution in [3.05, 3.63) is 29.3 Å². The topological polar surface area (TPSA) is 67.4 Å². The molecule has 20 heavy (non-hydrogen) atoms. The first kappa shape index (κ1) is 14.8. The van der Waals surface area contributed by atoms with Crippen LogP contribution >= 0.6 is 11.6 Å². The van der Waals surface area contributed by atoms with Crippen molar-refractivity contribution < 1.29 is 14.3 Å². The zero-order valence-corrected chi connectivity index (χ0v) is 12.0. The van der Waals surface area contributed by atoms with E-state index in [1.54, 1.807) is 31.4 Å². The maximum atomic E-state index is 12.2. The molecule has 0 bridgehead atoms. The summed E-state index contributed by atoms with van der Waals surface area (Å²) >= 11 is 5.78. The Bertz CT molecular complexity index is 498. The molecule has 0 aliphatic heterocycles. The highest BCUT2D eigenvalue weighted by atomic mass is 35.5. The van der Waals surface area contributed by atoms with Gasteiger partial charge in [0, 0.05) is 24.4 Å². The van der Waals surface area contributed by atoms with Crippen LogP contribution in [-0.4, -0.2) is 32.1 Å². The van der Waals surface area contributed by atoms with Crippen LogP contribution in [0.4, 0.5) is 5.69 Å². The molecule has 1 aliphatic carbocycles. The van der Waals surface area contributed by atoms with Crippen LogP contribution in [0.15, 0.2) is 24.3 Å². The molecular formula is C14H17ClN2O3. The van der Waals surface area contributed by atoms with Gasteiger partial charge in [0.15, 0.2) is 0 Å². The van der Waals surface area contributed by atoms with Gasteiger partial charge < -0.3 is 15.4 Å². The van der Waals surface area contributed by atoms with Crippen LogP contribution in [0.25, 0.3) is 0 Å². The third kappa shape index (κ3) is 3.29. The number of hydrogen-bond acceptors (Lipinski definition) is 3. The number of anilines is 1. The molecule has 0 atom stereocenters. The molecule has 108 valence electrons. The van der Waals surface area contributed by atoms with Gasteiger partial charge in [0.05, 0.1) is 6.61 Å². The van der Waals surface area contributed by atoms with Crippen LogP contribution in [0.2, 0.25) is 5.02 Å². The highest BCUT2D eigenvalue weighted by Crippen LogP contribution is 2.46. The summed E-state index contributed by atoms with van der Waals surface area (Å²) in [6.45, 7) is 0.839. The number of rotatable bonds is 6. The number of ether oxygens (including phenoxy) is 1. The summed E-state index contributed by atoms with van der Waals surface area (Å²) in [7, 11) is 1.56. The number of amides is 2. The molecule has 5 nitrogen and oxygen atoms in total. The quantitative estimate of drug-likeness (QED) is 0.621. The van der Waals surface area contributed by atoms with Gasteiger partial charge in [-0.15, -0.1) is 0 Å². The predicted octanol–water partition coefficient (Wildman–Crippen LogP) is 1.82. The lowest BCUT2D eigenvalue weighted by Gasteiger charge is -2.15. The van der Waals surface area contributed by atoms with Crippen LogP contribution in [0.3, 0.4) is 0 Å². The van der Waals surface area contributed by atoms with Gasteiger partial charge in [-0.25, -0.2) is 0 Å². The Labute approximate surface area is 122 Å². The summed E-state index contributed by atoms with van der Waals surface area (Å²) in [6, 6.07) is 6.79. The van der Waals surface area contributed by atoms with Crippen LogP contribution in [-0.2, 0) is 14.3 Å². The van der Waals surface area contributed by atoms with Crippen molar-refractivity contribution in [2.75, 3.05) is 25.6 Å². The Kier molecular flexibility index (Phi) is 4.62. The first-order valence-corrected chi connectivity index (χ1v) is 6.80. The summed E-state index contributed by atoms with van der Waals surface area (Å²) < 4.78 is 4.86. The molecule has 0 unspecified atom stereocenters. The van der Waals surface area contributed by atoms with Crippen molar-refractivity contribution in [3.63, 3.8) is 0 Å². The fourth-order valence-electron chi connectivity index (χ4n) is 1.90. The molecule has 1 saturated carbocycles. The monoisotopic (exact) mass is 296 g/mol. The first-order valence-electron chi connectivity index (χ1n) is 6.43. The van der Waals surface area contributed by atoms with E-state index in [0.29, 0.717) is 36.7 Å². The zero-order chi connectivity index (χ0) is 14.6. The van der Waals surface area contributed by atoms with Gasteiger partial charge in [-0.2, -0.15) is 0 Å². The van der Waals surface area contributed by atoms with Crippen molar-refractivity contribution >= 4 is 29.1 Å². The molecule has 2 rings (SSSR count). The molecule has 0 spiro atoms. The number of nitrogens with one attached hydrogen (secondary N) is 2. The lowest BCUT2D eigenvalue weighted by atomic mass is 10.1. The molecule has 1 aliphatic rings. The predicted molar refractivity (Wildman–Crippen MR) is 76.6 cm³/mol. The van der Waals surface area contributed by atoms with Gasteiger partial charge in [0.2, 0.25) is 11.8 Å². The lowest BCUT2D eigenvalue weighted by molar-refractivity contribution is -0.134.